The number of nitrogens with zero attached hydrogens (tertiary/aromatic N) is 1. The van der Waals surface area contributed by atoms with Gasteiger partial charge in [-0.15, -0.1) is 0 Å². The Morgan fingerprint density at radius 3 is 2.54 bits per heavy atom. The lowest BCUT2D eigenvalue weighted by atomic mass is 9.71. The summed E-state index contributed by atoms with van der Waals surface area (Å²) in [4.78, 5) is 17.1. The van der Waals surface area contributed by atoms with Crippen LogP contribution in [-0.4, -0.2) is 30.6 Å². The molecule has 2 heterocycles. The van der Waals surface area contributed by atoms with Gasteiger partial charge in [0.2, 0.25) is 11.8 Å². The number of alkyl halides is 2. The van der Waals surface area contributed by atoms with Crippen LogP contribution in [0.2, 0.25) is 0 Å². The number of carbonyl (C=O) groups excluding carboxylic acids is 1. The van der Waals surface area contributed by atoms with E-state index < -0.39 is 23.8 Å². The topological polar surface area (TPSA) is 63.2 Å². The van der Waals surface area contributed by atoms with E-state index in [1.807, 2.05) is 13.8 Å². The third-order valence-corrected chi connectivity index (χ3v) is 4.89. The molecular weight excluding hydrogens is 371 g/mol. The number of nitrogens with one attached hydrogen (secondary N) is 2. The maximum absolute atomic E-state index is 14.0. The number of ether oxygens (including phenoxy) is 1. The smallest absolute Gasteiger partial charge is 0.388 e. The molecular formula is C20H22F3N3O2. The van der Waals surface area contributed by atoms with Gasteiger partial charge in [-0.1, -0.05) is 19.9 Å². The molecule has 1 fully saturated rings. The first-order valence-electron chi connectivity index (χ1n) is 8.97. The van der Waals surface area contributed by atoms with Crippen LogP contribution in [0.3, 0.4) is 0 Å². The standard InChI is InChI=1S/C20H22F3N3O2/c1-11(2)14-6-5-13(21)8-15(14)20(9-24-10-20)18(27)26-16-7-4-12(3)25-17(16)28-19(22)23/h4-8,11,19,24H,9-10H2,1-3H3,(H,26,27). The average Bonchev–Trinajstić information content (AvgIpc) is 2.55. The van der Waals surface area contributed by atoms with Gasteiger partial charge in [-0.05, 0) is 48.2 Å². The minimum Gasteiger partial charge on any atom is -0.415 e. The first-order chi connectivity index (χ1) is 13.2. The van der Waals surface area contributed by atoms with E-state index in [-0.39, 0.29) is 17.5 Å². The van der Waals surface area contributed by atoms with Gasteiger partial charge >= 0.3 is 6.61 Å². The second-order valence-corrected chi connectivity index (χ2v) is 7.21. The van der Waals surface area contributed by atoms with E-state index in [1.165, 1.54) is 18.2 Å². The summed E-state index contributed by atoms with van der Waals surface area (Å²) in [5, 5.41) is 5.71. The number of aryl methyl sites for hydroxylation is 1. The van der Waals surface area contributed by atoms with Crippen molar-refractivity contribution < 1.29 is 22.7 Å². The summed E-state index contributed by atoms with van der Waals surface area (Å²) in [5.74, 6) is -1.13. The maximum atomic E-state index is 14.0. The third kappa shape index (κ3) is 3.82. The first-order valence-corrected chi connectivity index (χ1v) is 8.97. The number of amides is 1. The molecule has 1 aromatic carbocycles. The summed E-state index contributed by atoms with van der Waals surface area (Å²) < 4.78 is 43.8. The van der Waals surface area contributed by atoms with Gasteiger partial charge in [0, 0.05) is 18.8 Å². The predicted octanol–water partition coefficient (Wildman–Crippen LogP) is 3.73. The van der Waals surface area contributed by atoms with Gasteiger partial charge in [-0.3, -0.25) is 4.79 Å². The summed E-state index contributed by atoms with van der Waals surface area (Å²) in [6.45, 7) is 3.11. The van der Waals surface area contributed by atoms with Crippen molar-refractivity contribution >= 4 is 11.6 Å². The number of aromatic nitrogens is 1. The molecule has 0 bridgehead atoms. The van der Waals surface area contributed by atoms with Crippen LogP contribution in [0, 0.1) is 12.7 Å². The number of carbonyl (C=O) groups is 1. The van der Waals surface area contributed by atoms with Gasteiger partial charge in [-0.2, -0.15) is 8.78 Å². The molecule has 8 heteroatoms. The molecule has 1 aromatic heterocycles. The number of hydrogen-bond donors (Lipinski definition) is 2. The van der Waals surface area contributed by atoms with E-state index in [9.17, 15) is 18.0 Å². The number of benzene rings is 1. The molecule has 0 unspecified atom stereocenters. The molecule has 150 valence electrons. The Bertz CT molecular complexity index is 883. The van der Waals surface area contributed by atoms with Crippen LogP contribution in [0.15, 0.2) is 30.3 Å². The minimum absolute atomic E-state index is 0.0460. The molecule has 3 rings (SSSR count). The van der Waals surface area contributed by atoms with Crippen molar-refractivity contribution in [1.29, 1.82) is 0 Å². The van der Waals surface area contributed by atoms with Gasteiger partial charge in [-0.25, -0.2) is 9.37 Å². The fourth-order valence-electron chi connectivity index (χ4n) is 3.34. The van der Waals surface area contributed by atoms with Crippen LogP contribution >= 0.6 is 0 Å². The number of anilines is 1. The lowest BCUT2D eigenvalue weighted by Gasteiger charge is -2.43. The van der Waals surface area contributed by atoms with Crippen LogP contribution in [0.5, 0.6) is 5.88 Å². The zero-order valence-electron chi connectivity index (χ0n) is 15.9. The fraction of sp³-hybridized carbons (Fsp3) is 0.400. The highest BCUT2D eigenvalue weighted by Gasteiger charge is 2.47. The van der Waals surface area contributed by atoms with E-state index in [4.69, 9.17) is 0 Å². The molecule has 1 amide bonds. The second-order valence-electron chi connectivity index (χ2n) is 7.21. The van der Waals surface area contributed by atoms with Crippen LogP contribution in [-0.2, 0) is 10.2 Å². The Morgan fingerprint density at radius 1 is 1.25 bits per heavy atom. The molecule has 0 radical (unpaired) electrons. The largest absolute Gasteiger partial charge is 0.415 e. The van der Waals surface area contributed by atoms with Crippen molar-refractivity contribution in [2.24, 2.45) is 0 Å². The van der Waals surface area contributed by atoms with Crippen LogP contribution < -0.4 is 15.4 Å². The highest BCUT2D eigenvalue weighted by Crippen LogP contribution is 2.37. The molecule has 5 nitrogen and oxygen atoms in total. The molecule has 0 spiro atoms. The Hall–Kier alpha value is -2.61. The van der Waals surface area contributed by atoms with Gasteiger partial charge < -0.3 is 15.4 Å². The lowest BCUT2D eigenvalue weighted by molar-refractivity contribution is -0.123. The number of pyridine rings is 1. The van der Waals surface area contributed by atoms with Crippen LogP contribution in [0.4, 0.5) is 18.9 Å². The van der Waals surface area contributed by atoms with E-state index in [2.05, 4.69) is 20.4 Å². The predicted molar refractivity (Wildman–Crippen MR) is 99.3 cm³/mol. The molecule has 0 saturated carbocycles. The van der Waals surface area contributed by atoms with E-state index in [1.54, 1.807) is 19.1 Å². The van der Waals surface area contributed by atoms with E-state index >= 15 is 0 Å². The molecule has 1 aliphatic rings. The first kappa shape index (κ1) is 20.1. The molecule has 28 heavy (non-hydrogen) atoms. The summed E-state index contributed by atoms with van der Waals surface area (Å²) >= 11 is 0. The molecule has 1 aliphatic heterocycles. The van der Waals surface area contributed by atoms with Gasteiger partial charge in [0.05, 0.1) is 5.41 Å². The Labute approximate surface area is 161 Å². The summed E-state index contributed by atoms with van der Waals surface area (Å²) in [6.07, 6.45) is 0. The van der Waals surface area contributed by atoms with Crippen molar-refractivity contribution in [3.8, 4) is 5.88 Å². The maximum Gasteiger partial charge on any atom is 0.388 e. The van der Waals surface area contributed by atoms with Crippen molar-refractivity contribution in [3.05, 3.63) is 53.0 Å². The fourth-order valence-corrected chi connectivity index (χ4v) is 3.34. The summed E-state index contributed by atoms with van der Waals surface area (Å²) in [6, 6.07) is 7.48. The number of halogens is 3. The quantitative estimate of drug-likeness (QED) is 0.785. The highest BCUT2D eigenvalue weighted by molar-refractivity contribution is 6.01. The van der Waals surface area contributed by atoms with Crippen molar-refractivity contribution in [2.75, 3.05) is 18.4 Å². The van der Waals surface area contributed by atoms with Crippen molar-refractivity contribution in [3.63, 3.8) is 0 Å². The molecule has 1 saturated heterocycles. The van der Waals surface area contributed by atoms with Crippen LogP contribution in [0.1, 0.15) is 36.6 Å². The van der Waals surface area contributed by atoms with E-state index in [0.717, 1.165) is 5.56 Å². The third-order valence-electron chi connectivity index (χ3n) is 4.89. The lowest BCUT2D eigenvalue weighted by Crippen LogP contribution is -2.63. The Balaban J connectivity index is 1.97. The summed E-state index contributed by atoms with van der Waals surface area (Å²) in [7, 11) is 0. The normalized spacial score (nSPS) is 15.4. The summed E-state index contributed by atoms with van der Waals surface area (Å²) in [5.41, 5.74) is 0.971. The molecule has 2 aromatic rings. The molecule has 0 aliphatic carbocycles. The van der Waals surface area contributed by atoms with Gasteiger partial charge in [0.25, 0.3) is 0 Å². The minimum atomic E-state index is -3.07. The van der Waals surface area contributed by atoms with Crippen molar-refractivity contribution in [1.82, 2.24) is 10.3 Å². The van der Waals surface area contributed by atoms with Gasteiger partial charge in [0.15, 0.2) is 0 Å². The zero-order valence-corrected chi connectivity index (χ0v) is 15.9. The van der Waals surface area contributed by atoms with Crippen LogP contribution in [0.25, 0.3) is 0 Å². The van der Waals surface area contributed by atoms with E-state index in [0.29, 0.717) is 24.3 Å². The monoisotopic (exact) mass is 393 g/mol. The highest BCUT2D eigenvalue weighted by atomic mass is 19.3. The zero-order chi connectivity index (χ0) is 20.5. The molecule has 2 N–H and O–H groups in total. The number of hydrogen-bond acceptors (Lipinski definition) is 4. The SMILES string of the molecule is Cc1ccc(NC(=O)C2(c3cc(F)ccc3C(C)C)CNC2)c(OC(F)F)n1. The Kier molecular flexibility index (Phi) is 5.60. The molecule has 0 atom stereocenters. The average molecular weight is 393 g/mol. The Morgan fingerprint density at radius 2 is 1.96 bits per heavy atom. The number of rotatable bonds is 6. The second kappa shape index (κ2) is 7.79. The van der Waals surface area contributed by atoms with Crippen molar-refractivity contribution in [2.45, 2.75) is 38.7 Å². The van der Waals surface area contributed by atoms with Gasteiger partial charge in [0.1, 0.15) is 11.5 Å².